The molecule has 8 heteroatoms. The Hall–Kier alpha value is -1.35. The molecule has 0 amide bonds. The number of rotatable bonds is 8. The van der Waals surface area contributed by atoms with Gasteiger partial charge in [-0.15, -0.1) is 0 Å². The molecule has 0 radical (unpaired) electrons. The molecule has 0 aromatic heterocycles. The zero-order chi connectivity index (χ0) is 33.4. The summed E-state index contributed by atoms with van der Waals surface area (Å²) in [6.07, 6.45) is 0. The number of quaternary nitrogens is 2. The monoisotopic (exact) mass is 664 g/mol. The molecular weight excluding hydrogens is 600 g/mol. The average molecular weight is 663 g/mol. The molecule has 0 fully saturated rings. The molecule has 0 spiro atoms. The molecule has 41 heavy (non-hydrogen) atoms. The van der Waals surface area contributed by atoms with Gasteiger partial charge in [0.2, 0.25) is 0 Å². The zero-order valence-electron chi connectivity index (χ0n) is 28.7. The van der Waals surface area contributed by atoms with E-state index < -0.39 is 0 Å². The molecule has 0 heterocycles. The van der Waals surface area contributed by atoms with Crippen molar-refractivity contribution in [3.05, 3.63) is 43.2 Å². The Balaban J connectivity index is -0.000000106. The van der Waals surface area contributed by atoms with Crippen molar-refractivity contribution in [2.75, 3.05) is 52.4 Å². The predicted molar refractivity (Wildman–Crippen MR) is 164 cm³/mol. The average Bonchev–Trinajstić information content (AvgIpc) is 2.96. The Morgan fingerprint density at radius 2 is 0.780 bits per heavy atom. The van der Waals surface area contributed by atoms with Crippen molar-refractivity contribution in [2.24, 2.45) is 0 Å². The van der Waals surface area contributed by atoms with Crippen LogP contribution in [0.1, 0.15) is 108 Å². The fourth-order valence-electron chi connectivity index (χ4n) is 4.31. The van der Waals surface area contributed by atoms with E-state index in [1.807, 2.05) is 26.8 Å². The molecule has 0 aliphatic heterocycles. The number of hydrogen-bond acceptors (Lipinski definition) is 2. The Kier molecular flexibility index (Phi) is 35.1. The summed E-state index contributed by atoms with van der Waals surface area (Å²) in [5.74, 6) is -0.0298. The first-order valence-corrected chi connectivity index (χ1v) is 14.4. The molecule has 0 aliphatic carbocycles. The van der Waals surface area contributed by atoms with E-state index in [0.29, 0.717) is 0 Å². The Morgan fingerprint density at radius 1 is 0.537 bits per heavy atom. The standard InChI is InChI=1S/C14H22O2.2C8H20N.3CO.Mo/c1-13(2,3)9-7-10(14(4,5)6)12(16)11(15)8-9;2*1-5-9(6-2,7-3)8-4;3*1-2;/h7-8,15-16H,1-6H3;2*5-8H2,1-4H3;;;;/q;2*+1;;;;. The molecule has 0 atom stereocenters. The maximum atomic E-state index is 9.87. The van der Waals surface area contributed by atoms with Crippen molar-refractivity contribution in [1.82, 2.24) is 0 Å². The quantitative estimate of drug-likeness (QED) is 0.100. The molecule has 1 aromatic carbocycles. The van der Waals surface area contributed by atoms with Crippen molar-refractivity contribution in [3.8, 4) is 11.5 Å². The summed E-state index contributed by atoms with van der Waals surface area (Å²) in [5, 5.41) is 19.6. The predicted octanol–water partition coefficient (Wildman–Crippen LogP) is 7.34. The molecule has 1 aromatic rings. The topological polar surface area (TPSA) is 100 Å². The Morgan fingerprint density at radius 3 is 0.927 bits per heavy atom. The van der Waals surface area contributed by atoms with Gasteiger partial charge in [-0.2, -0.15) is 0 Å². The second-order valence-corrected chi connectivity index (χ2v) is 11.6. The molecule has 0 aliphatic rings. The second-order valence-electron chi connectivity index (χ2n) is 11.6. The molecule has 1 rings (SSSR count). The minimum atomic E-state index is -0.178. The number of aromatic hydroxyl groups is 2. The number of benzene rings is 1. The van der Waals surface area contributed by atoms with Gasteiger partial charge in [0.25, 0.3) is 0 Å². The number of nitrogens with zero attached hydrogens (tertiary/aromatic N) is 2. The third-order valence-electron chi connectivity index (χ3n) is 8.13. The molecule has 238 valence electrons. The fourth-order valence-corrected chi connectivity index (χ4v) is 4.31. The molecule has 0 unspecified atom stereocenters. The van der Waals surface area contributed by atoms with Gasteiger partial charge in [0.05, 0.1) is 52.4 Å². The first-order chi connectivity index (χ1) is 18.5. The maximum absolute atomic E-state index is 9.87. The van der Waals surface area contributed by atoms with Crippen LogP contribution in [0.5, 0.6) is 11.5 Å². The minimum absolute atomic E-state index is 0. The van der Waals surface area contributed by atoms with Crippen LogP contribution in [0.15, 0.2) is 12.1 Å². The van der Waals surface area contributed by atoms with Crippen LogP contribution >= 0.6 is 0 Å². The van der Waals surface area contributed by atoms with Gasteiger partial charge >= 0.3 is 33.9 Å². The Bertz CT molecular complexity index is 745. The van der Waals surface area contributed by atoms with Crippen molar-refractivity contribution in [1.29, 1.82) is 0 Å². The van der Waals surface area contributed by atoms with E-state index in [-0.39, 0.29) is 43.4 Å². The van der Waals surface area contributed by atoms with Crippen LogP contribution in [-0.2, 0) is 45.9 Å². The van der Waals surface area contributed by atoms with Crippen molar-refractivity contribution >= 4 is 0 Å². The van der Waals surface area contributed by atoms with Crippen molar-refractivity contribution < 1.29 is 54.2 Å². The summed E-state index contributed by atoms with van der Waals surface area (Å²) in [4.78, 5) is 0. The summed E-state index contributed by atoms with van der Waals surface area (Å²) in [7, 11) is 0. The van der Waals surface area contributed by atoms with Gasteiger partial charge in [0.15, 0.2) is 11.5 Å². The van der Waals surface area contributed by atoms with Crippen LogP contribution in [0.4, 0.5) is 0 Å². The number of hydrogen-bond donors (Lipinski definition) is 2. The van der Waals surface area contributed by atoms with E-state index in [2.05, 4.69) is 96.1 Å². The molecule has 7 nitrogen and oxygen atoms in total. The number of phenols is 2. The molecule has 0 bridgehead atoms. The van der Waals surface area contributed by atoms with E-state index >= 15 is 0 Å². The zero-order valence-corrected chi connectivity index (χ0v) is 30.7. The first kappa shape index (κ1) is 52.3. The van der Waals surface area contributed by atoms with Crippen LogP contribution in [0.25, 0.3) is 0 Å². The van der Waals surface area contributed by atoms with E-state index in [0.717, 1.165) is 11.1 Å². The maximum Gasteiger partial charge on any atom is 0 e. The van der Waals surface area contributed by atoms with Crippen LogP contribution in [0.3, 0.4) is 0 Å². The summed E-state index contributed by atoms with van der Waals surface area (Å²) in [5.41, 5.74) is 1.61. The summed E-state index contributed by atoms with van der Waals surface area (Å²) < 4.78 is 25.1. The largest absolute Gasteiger partial charge is 0 e. The van der Waals surface area contributed by atoms with Gasteiger partial charge in [0.1, 0.15) is 0 Å². The molecule has 2 N–H and O–H groups in total. The summed E-state index contributed by atoms with van der Waals surface area (Å²) >= 11 is 0. The van der Waals surface area contributed by atoms with Crippen molar-refractivity contribution in [3.63, 3.8) is 0 Å². The normalized spacial score (nSPS) is 10.4. The van der Waals surface area contributed by atoms with Gasteiger partial charge < -0.3 is 19.2 Å². The summed E-state index contributed by atoms with van der Waals surface area (Å²) in [6, 6.07) is 3.62. The van der Waals surface area contributed by atoms with Gasteiger partial charge in [-0.25, -0.2) is 0 Å². The minimum Gasteiger partial charge on any atom is 0 e. The molecule has 0 saturated heterocycles. The van der Waals surface area contributed by atoms with E-state index in [9.17, 15) is 10.2 Å². The van der Waals surface area contributed by atoms with Crippen LogP contribution in [0.2, 0.25) is 0 Å². The SMILES string of the molecule is CC(C)(C)c1cc(O)c(O)c(C(C)(C)C)c1.CC[N+](CC)(CC)CC.CC[N+](CC)(CC)CC.[C-]#[O+].[C-]#[O+].[C-]#[O+].[Mo]. The fraction of sp³-hybridized carbons (Fsp3) is 0.727. The molecule has 0 saturated carbocycles. The van der Waals surface area contributed by atoms with Crippen LogP contribution in [0, 0.1) is 20.0 Å². The van der Waals surface area contributed by atoms with Crippen LogP contribution < -0.4 is 0 Å². The van der Waals surface area contributed by atoms with E-state index in [1.54, 1.807) is 6.07 Å². The third kappa shape index (κ3) is 20.2. The van der Waals surface area contributed by atoms with Gasteiger partial charge in [-0.1, -0.05) is 47.6 Å². The second kappa shape index (κ2) is 27.5. The first-order valence-electron chi connectivity index (χ1n) is 14.4. The summed E-state index contributed by atoms with van der Waals surface area (Å²) in [6.45, 7) is 54.3. The van der Waals surface area contributed by atoms with Crippen molar-refractivity contribution in [2.45, 2.75) is 108 Å². The molecular formula is C33H62MoN2O5+2. The van der Waals surface area contributed by atoms with Gasteiger partial charge in [0, 0.05) is 26.6 Å². The van der Waals surface area contributed by atoms with Gasteiger partial charge in [-0.05, 0) is 77.8 Å². The Labute approximate surface area is 268 Å². The smallest absolute Gasteiger partial charge is 0 e. The van der Waals surface area contributed by atoms with Gasteiger partial charge in [-0.3, -0.25) is 0 Å². The van der Waals surface area contributed by atoms with Crippen LogP contribution in [-0.4, -0.2) is 71.5 Å². The van der Waals surface area contributed by atoms with E-state index in [4.69, 9.17) is 14.0 Å². The van der Waals surface area contributed by atoms with E-state index in [1.165, 1.54) is 61.3 Å². The number of phenolic OH excluding ortho intramolecular Hbond substituents is 2. The third-order valence-corrected chi connectivity index (χ3v) is 8.13.